The van der Waals surface area contributed by atoms with Gasteiger partial charge in [0.05, 0.1) is 0 Å². The lowest BCUT2D eigenvalue weighted by Gasteiger charge is -2.03. The molecular weight excluding hydrogens is 429 g/mol. The third kappa shape index (κ3) is 3.82. The van der Waals surface area contributed by atoms with Crippen LogP contribution in [0, 0.1) is 0 Å². The van der Waals surface area contributed by atoms with Crippen LogP contribution in [0.15, 0.2) is 73.1 Å². The summed E-state index contributed by atoms with van der Waals surface area (Å²) in [6, 6.07) is 19.2. The largest absolute Gasteiger partial charge is 1.00 e. The van der Waals surface area contributed by atoms with Crippen molar-refractivity contribution in [2.45, 2.75) is 6.54 Å². The average molecular weight is 445 g/mol. The molecule has 2 heterocycles. The number of aromatic nitrogens is 1. The summed E-state index contributed by atoms with van der Waals surface area (Å²) in [6.45, 7) is 0.983. The molecule has 0 fully saturated rings. The van der Waals surface area contributed by atoms with Gasteiger partial charge >= 0.3 is 0 Å². The number of fused-ring (bicyclic) bond motifs is 1. The first kappa shape index (κ1) is 17.4. The van der Waals surface area contributed by atoms with Gasteiger partial charge in [-0.1, -0.05) is 30.3 Å². The summed E-state index contributed by atoms with van der Waals surface area (Å²) in [7, 11) is 0. The van der Waals surface area contributed by atoms with Gasteiger partial charge in [0.2, 0.25) is 6.79 Å². The Kier molecular flexibility index (Phi) is 5.33. The van der Waals surface area contributed by atoms with E-state index in [0.29, 0.717) is 22.6 Å². The fraction of sp³-hybridized carbons (Fsp3) is 0.100. The van der Waals surface area contributed by atoms with E-state index < -0.39 is 0 Å². The lowest BCUT2D eigenvalue weighted by atomic mass is 10.0. The summed E-state index contributed by atoms with van der Waals surface area (Å²) >= 11 is 0. The molecule has 0 spiro atoms. The highest BCUT2D eigenvalue weighted by molar-refractivity contribution is 6.09. The molecule has 1 aliphatic heterocycles. The first-order valence-corrected chi connectivity index (χ1v) is 7.77. The molecule has 0 saturated carbocycles. The van der Waals surface area contributed by atoms with E-state index in [0.717, 1.165) is 6.54 Å². The molecule has 1 aliphatic rings. The number of pyridine rings is 1. The summed E-state index contributed by atoms with van der Waals surface area (Å²) in [4.78, 5) is 12.6. The van der Waals surface area contributed by atoms with E-state index in [1.807, 2.05) is 47.3 Å². The molecule has 0 atom stereocenters. The maximum Gasteiger partial charge on any atom is 0.231 e. The van der Waals surface area contributed by atoms with Crippen LogP contribution in [0.25, 0.3) is 0 Å². The summed E-state index contributed by atoms with van der Waals surface area (Å²) in [5, 5.41) is 0. The van der Waals surface area contributed by atoms with Crippen LogP contribution in [0.4, 0.5) is 0 Å². The summed E-state index contributed by atoms with van der Waals surface area (Å²) in [5.74, 6) is 1.27. The van der Waals surface area contributed by atoms with Crippen molar-refractivity contribution in [1.29, 1.82) is 0 Å². The van der Waals surface area contributed by atoms with Gasteiger partial charge in [-0.05, 0) is 18.2 Å². The molecule has 3 aromatic rings. The fourth-order valence-electron chi connectivity index (χ4n) is 2.71. The standard InChI is InChI=1S/C20H16NO3.HI/c22-20(17-6-7-18-19(12-17)24-14-23-18)16-8-10-21(11-9-16)13-15-4-2-1-3-5-15;/h1-12H,13-14H2;1H/q+1;/p-1. The summed E-state index contributed by atoms with van der Waals surface area (Å²) < 4.78 is 12.7. The topological polar surface area (TPSA) is 39.4 Å². The van der Waals surface area contributed by atoms with Crippen LogP contribution in [0.1, 0.15) is 21.5 Å². The molecular formula is C20H16INO3. The smallest absolute Gasteiger partial charge is 0.231 e. The number of ketones is 1. The Labute approximate surface area is 163 Å². The monoisotopic (exact) mass is 445 g/mol. The van der Waals surface area contributed by atoms with E-state index in [-0.39, 0.29) is 36.6 Å². The maximum absolute atomic E-state index is 12.6. The average Bonchev–Trinajstić information content (AvgIpc) is 3.10. The fourth-order valence-corrected chi connectivity index (χ4v) is 2.71. The van der Waals surface area contributed by atoms with E-state index in [9.17, 15) is 4.79 Å². The highest BCUT2D eigenvalue weighted by Crippen LogP contribution is 2.33. The quantitative estimate of drug-likeness (QED) is 0.322. The zero-order valence-corrected chi connectivity index (χ0v) is 15.5. The van der Waals surface area contributed by atoms with Crippen molar-refractivity contribution in [3.8, 4) is 11.5 Å². The van der Waals surface area contributed by atoms with Crippen LogP contribution in [-0.2, 0) is 6.54 Å². The van der Waals surface area contributed by atoms with E-state index in [2.05, 4.69) is 12.1 Å². The lowest BCUT2D eigenvalue weighted by Crippen LogP contribution is -3.00. The van der Waals surface area contributed by atoms with Crippen LogP contribution < -0.4 is 38.0 Å². The third-order valence-electron chi connectivity index (χ3n) is 4.00. The van der Waals surface area contributed by atoms with Crippen LogP contribution in [-0.4, -0.2) is 12.6 Å². The zero-order valence-electron chi connectivity index (χ0n) is 13.4. The Morgan fingerprint density at radius 1 is 0.880 bits per heavy atom. The first-order valence-electron chi connectivity index (χ1n) is 7.77. The molecule has 0 bridgehead atoms. The summed E-state index contributed by atoms with van der Waals surface area (Å²) in [6.07, 6.45) is 3.85. The van der Waals surface area contributed by atoms with Crippen molar-refractivity contribution in [2.24, 2.45) is 0 Å². The van der Waals surface area contributed by atoms with Gasteiger partial charge in [-0.15, -0.1) is 0 Å². The van der Waals surface area contributed by atoms with Crippen molar-refractivity contribution in [1.82, 2.24) is 0 Å². The Morgan fingerprint density at radius 2 is 1.60 bits per heavy atom. The van der Waals surface area contributed by atoms with E-state index in [1.54, 1.807) is 18.2 Å². The van der Waals surface area contributed by atoms with Gasteiger partial charge in [-0.2, -0.15) is 0 Å². The van der Waals surface area contributed by atoms with E-state index in [1.165, 1.54) is 5.56 Å². The van der Waals surface area contributed by atoms with Crippen molar-refractivity contribution >= 4 is 5.78 Å². The van der Waals surface area contributed by atoms with Crippen LogP contribution in [0.5, 0.6) is 11.5 Å². The number of halogens is 1. The number of hydrogen-bond acceptors (Lipinski definition) is 3. The van der Waals surface area contributed by atoms with Gasteiger partial charge < -0.3 is 33.5 Å². The first-order chi connectivity index (χ1) is 11.8. The minimum atomic E-state index is -0.0276. The number of carbonyl (C=O) groups excluding carboxylic acids is 1. The van der Waals surface area contributed by atoms with Crippen molar-refractivity contribution in [3.05, 3.63) is 89.7 Å². The predicted molar refractivity (Wildman–Crippen MR) is 88.2 cm³/mol. The van der Waals surface area contributed by atoms with Gasteiger partial charge in [0.15, 0.2) is 36.2 Å². The van der Waals surface area contributed by atoms with Gasteiger partial charge in [0, 0.05) is 28.8 Å². The van der Waals surface area contributed by atoms with Gasteiger partial charge in [0.25, 0.3) is 0 Å². The van der Waals surface area contributed by atoms with E-state index in [4.69, 9.17) is 9.47 Å². The predicted octanol–water partition coefficient (Wildman–Crippen LogP) is -0.0139. The summed E-state index contributed by atoms with van der Waals surface area (Å²) in [5.41, 5.74) is 2.47. The Balaban J connectivity index is 0.00000182. The molecule has 0 saturated heterocycles. The molecule has 1 aromatic heterocycles. The SMILES string of the molecule is O=C(c1cc[n+](Cc2ccccc2)cc1)c1ccc2c(c1)OCO2.[I-]. The molecule has 0 radical (unpaired) electrons. The van der Waals surface area contributed by atoms with Crippen molar-refractivity contribution in [3.63, 3.8) is 0 Å². The minimum Gasteiger partial charge on any atom is -1.00 e. The molecule has 0 N–H and O–H groups in total. The molecule has 0 unspecified atom stereocenters. The molecule has 0 aliphatic carbocycles. The zero-order chi connectivity index (χ0) is 16.4. The molecule has 4 nitrogen and oxygen atoms in total. The Bertz CT molecular complexity index is 879. The minimum absolute atomic E-state index is 0. The van der Waals surface area contributed by atoms with Gasteiger partial charge in [0.1, 0.15) is 0 Å². The lowest BCUT2D eigenvalue weighted by molar-refractivity contribution is -0.688. The second-order valence-electron chi connectivity index (χ2n) is 5.64. The molecule has 25 heavy (non-hydrogen) atoms. The molecule has 4 rings (SSSR count). The number of benzene rings is 2. The van der Waals surface area contributed by atoms with Gasteiger partial charge in [-0.25, -0.2) is 4.57 Å². The highest BCUT2D eigenvalue weighted by atomic mass is 127. The molecule has 0 amide bonds. The van der Waals surface area contributed by atoms with Crippen LogP contribution >= 0.6 is 0 Å². The number of carbonyl (C=O) groups is 1. The molecule has 2 aromatic carbocycles. The number of hydrogen-bond donors (Lipinski definition) is 0. The van der Waals surface area contributed by atoms with Crippen molar-refractivity contribution in [2.75, 3.05) is 6.79 Å². The molecule has 5 heteroatoms. The number of ether oxygens (including phenoxy) is 2. The number of nitrogens with zero attached hydrogens (tertiary/aromatic N) is 1. The van der Waals surface area contributed by atoms with Gasteiger partial charge in [-0.3, -0.25) is 4.79 Å². The highest BCUT2D eigenvalue weighted by Gasteiger charge is 2.17. The number of rotatable bonds is 4. The van der Waals surface area contributed by atoms with Crippen LogP contribution in [0.3, 0.4) is 0 Å². The molecule has 126 valence electrons. The van der Waals surface area contributed by atoms with Crippen molar-refractivity contribution < 1.29 is 42.8 Å². The second-order valence-corrected chi connectivity index (χ2v) is 5.64. The Morgan fingerprint density at radius 3 is 2.36 bits per heavy atom. The Hall–Kier alpha value is -2.41. The van der Waals surface area contributed by atoms with E-state index >= 15 is 0 Å². The third-order valence-corrected chi connectivity index (χ3v) is 4.00. The van der Waals surface area contributed by atoms with Crippen LogP contribution in [0.2, 0.25) is 0 Å². The normalized spacial score (nSPS) is 11.7. The second kappa shape index (κ2) is 7.65. The maximum atomic E-state index is 12.6.